The van der Waals surface area contributed by atoms with Crippen LogP contribution in [0.25, 0.3) is 0 Å². The molecule has 278 valence electrons. The number of imidazole rings is 1. The van der Waals surface area contributed by atoms with E-state index in [0.29, 0.717) is 12.0 Å². The number of aromatic nitrogens is 2. The Bertz CT molecular complexity index is 723. The van der Waals surface area contributed by atoms with Crippen LogP contribution < -0.4 is 4.57 Å². The van der Waals surface area contributed by atoms with Crippen LogP contribution in [0.3, 0.4) is 0 Å². The minimum absolute atomic E-state index is 0.618. The van der Waals surface area contributed by atoms with Gasteiger partial charge in [-0.2, -0.15) is 0 Å². The lowest BCUT2D eigenvalue weighted by Crippen LogP contribution is -2.41. The summed E-state index contributed by atoms with van der Waals surface area (Å²) in [4.78, 5) is 3.75. The summed E-state index contributed by atoms with van der Waals surface area (Å²) in [5, 5.41) is 0. The molecule has 0 saturated carbocycles. The highest BCUT2D eigenvalue weighted by molar-refractivity contribution is 4.90. The maximum atomic E-state index is 3.75. The van der Waals surface area contributed by atoms with E-state index in [9.17, 15) is 0 Å². The molecule has 0 aromatic carbocycles. The molecule has 47 heavy (non-hydrogen) atoms. The third-order valence-electron chi connectivity index (χ3n) is 11.1. The van der Waals surface area contributed by atoms with Crippen LogP contribution in [-0.2, 0) is 0 Å². The van der Waals surface area contributed by atoms with Crippen LogP contribution in [0.4, 0.5) is 0 Å². The van der Waals surface area contributed by atoms with Gasteiger partial charge in [0.2, 0.25) is 0 Å². The van der Waals surface area contributed by atoms with Gasteiger partial charge in [0.15, 0.2) is 0 Å². The Labute approximate surface area is 297 Å². The molecule has 0 radical (unpaired) electrons. The molecule has 0 fully saturated rings. The number of nitrogens with zero attached hydrogens (tertiary/aromatic N) is 1. The maximum Gasteiger partial charge on any atom is 0.257 e. The number of aromatic amines is 1. The third kappa shape index (κ3) is 26.7. The molecule has 0 aliphatic heterocycles. The molecule has 1 N–H and O–H groups in total. The molecule has 2 nitrogen and oxygen atoms in total. The molecular weight excluding hydrogens is 569 g/mol. The fourth-order valence-corrected chi connectivity index (χ4v) is 7.84. The minimum Gasteiger partial charge on any atom is -0.247 e. The van der Waals surface area contributed by atoms with E-state index in [2.05, 4.69) is 49.6 Å². The molecule has 1 heterocycles. The van der Waals surface area contributed by atoms with Crippen molar-refractivity contribution in [2.24, 2.45) is 0 Å². The number of nitrogens with one attached hydrogen (secondary N) is 1. The maximum absolute atomic E-state index is 3.75. The molecule has 2 atom stereocenters. The number of hydrogen-bond donors (Lipinski definition) is 1. The highest BCUT2D eigenvalue weighted by Crippen LogP contribution is 2.27. The first-order chi connectivity index (χ1) is 23.2. The van der Waals surface area contributed by atoms with Gasteiger partial charge in [0.1, 0.15) is 12.4 Å². The Kier molecular flexibility index (Phi) is 33.0. The molecule has 0 amide bonds. The predicted molar refractivity (Wildman–Crippen MR) is 212 cm³/mol. The van der Waals surface area contributed by atoms with Gasteiger partial charge in [-0.05, 0) is 32.6 Å². The van der Waals surface area contributed by atoms with E-state index in [1.807, 2.05) is 0 Å². The van der Waals surface area contributed by atoms with E-state index in [1.165, 1.54) is 237 Å². The van der Waals surface area contributed by atoms with Crippen LogP contribution in [0.5, 0.6) is 0 Å². The second kappa shape index (κ2) is 35.1. The summed E-state index contributed by atoms with van der Waals surface area (Å²) in [7, 11) is 0. The van der Waals surface area contributed by atoms with Crippen molar-refractivity contribution in [1.82, 2.24) is 4.98 Å². The average Bonchev–Trinajstić information content (AvgIpc) is 3.57. The first-order valence-electron chi connectivity index (χ1n) is 22.3. The van der Waals surface area contributed by atoms with E-state index < -0.39 is 0 Å². The van der Waals surface area contributed by atoms with Crippen molar-refractivity contribution in [3.63, 3.8) is 0 Å². The largest absolute Gasteiger partial charge is 0.257 e. The lowest BCUT2D eigenvalue weighted by Gasteiger charge is -2.17. The normalized spacial score (nSPS) is 13.0. The SMILES string of the molecule is CCCCCCCCCCCCCCCCCC(CCCCCCC)c1[nH]cc[n+]1C(C)CCCCCCCCCCCCCCC. The Hall–Kier alpha value is -0.790. The summed E-state index contributed by atoms with van der Waals surface area (Å²) in [5.41, 5.74) is 0. The van der Waals surface area contributed by atoms with E-state index in [1.54, 1.807) is 0 Å². The molecule has 0 saturated heterocycles. The standard InChI is InChI=1S/C45H88N2/c1-5-8-11-14-16-18-20-22-23-25-27-29-31-34-37-40-44(39-36-32-13-10-7-3)45-46-41-42-47(45)43(4)38-35-33-30-28-26-24-21-19-17-15-12-9-6-2/h41-44H,5-40H2,1-4H3/p+1. The van der Waals surface area contributed by atoms with Gasteiger partial charge in [-0.25, -0.2) is 9.55 Å². The van der Waals surface area contributed by atoms with E-state index in [4.69, 9.17) is 0 Å². The van der Waals surface area contributed by atoms with E-state index in [0.717, 1.165) is 0 Å². The Morgan fingerprint density at radius 3 is 1.00 bits per heavy atom. The molecule has 2 heteroatoms. The Morgan fingerprint density at radius 2 is 0.681 bits per heavy atom. The zero-order valence-electron chi connectivity index (χ0n) is 33.2. The van der Waals surface area contributed by atoms with Gasteiger partial charge in [0, 0.05) is 0 Å². The highest BCUT2D eigenvalue weighted by Gasteiger charge is 2.25. The van der Waals surface area contributed by atoms with Crippen molar-refractivity contribution in [3.05, 3.63) is 18.2 Å². The topological polar surface area (TPSA) is 19.7 Å². The molecule has 0 aliphatic carbocycles. The van der Waals surface area contributed by atoms with Crippen molar-refractivity contribution in [1.29, 1.82) is 0 Å². The molecule has 1 rings (SSSR count). The summed E-state index contributed by atoms with van der Waals surface area (Å²) < 4.78 is 2.64. The van der Waals surface area contributed by atoms with Crippen molar-refractivity contribution >= 4 is 0 Å². The Balaban J connectivity index is 2.26. The molecule has 1 aromatic rings. The van der Waals surface area contributed by atoms with Gasteiger partial charge in [-0.1, -0.05) is 226 Å². The summed E-state index contributed by atoms with van der Waals surface area (Å²) in [6.07, 6.45) is 56.1. The molecule has 0 bridgehead atoms. The van der Waals surface area contributed by atoms with Crippen LogP contribution in [-0.4, -0.2) is 4.98 Å². The summed E-state index contributed by atoms with van der Waals surface area (Å²) >= 11 is 0. The lowest BCUT2D eigenvalue weighted by molar-refractivity contribution is -0.727. The zero-order valence-corrected chi connectivity index (χ0v) is 33.2. The second-order valence-electron chi connectivity index (χ2n) is 15.8. The number of rotatable bonds is 38. The molecule has 2 unspecified atom stereocenters. The van der Waals surface area contributed by atoms with Crippen LogP contribution in [0.1, 0.15) is 277 Å². The highest BCUT2D eigenvalue weighted by atomic mass is 15.1. The van der Waals surface area contributed by atoms with E-state index in [-0.39, 0.29) is 0 Å². The molecule has 1 aromatic heterocycles. The quantitative estimate of drug-likeness (QED) is 0.0539. The zero-order chi connectivity index (χ0) is 33.9. The fourth-order valence-electron chi connectivity index (χ4n) is 7.84. The fraction of sp³-hybridized carbons (Fsp3) is 0.933. The van der Waals surface area contributed by atoms with Crippen molar-refractivity contribution in [3.8, 4) is 0 Å². The lowest BCUT2D eigenvalue weighted by atomic mass is 9.93. The van der Waals surface area contributed by atoms with Gasteiger partial charge in [-0.3, -0.25) is 0 Å². The number of hydrogen-bond acceptors (Lipinski definition) is 0. The van der Waals surface area contributed by atoms with Gasteiger partial charge >= 0.3 is 0 Å². The van der Waals surface area contributed by atoms with Gasteiger partial charge in [-0.15, -0.1) is 0 Å². The van der Waals surface area contributed by atoms with Gasteiger partial charge in [0.25, 0.3) is 5.82 Å². The number of unbranched alkanes of at least 4 members (excludes halogenated alkanes) is 30. The van der Waals surface area contributed by atoms with Gasteiger partial charge < -0.3 is 0 Å². The first-order valence-corrected chi connectivity index (χ1v) is 22.3. The van der Waals surface area contributed by atoms with Crippen molar-refractivity contribution in [2.45, 2.75) is 271 Å². The Morgan fingerprint density at radius 1 is 0.404 bits per heavy atom. The van der Waals surface area contributed by atoms with Crippen molar-refractivity contribution in [2.75, 3.05) is 0 Å². The van der Waals surface area contributed by atoms with Crippen LogP contribution >= 0.6 is 0 Å². The number of H-pyrrole nitrogens is 1. The third-order valence-corrected chi connectivity index (χ3v) is 11.1. The van der Waals surface area contributed by atoms with Crippen LogP contribution in [0.2, 0.25) is 0 Å². The monoisotopic (exact) mass is 658 g/mol. The summed E-state index contributed by atoms with van der Waals surface area (Å²) in [5.74, 6) is 2.25. The molecular formula is C45H89N2+. The van der Waals surface area contributed by atoms with Crippen LogP contribution in [0.15, 0.2) is 12.4 Å². The van der Waals surface area contributed by atoms with Crippen LogP contribution in [0, 0.1) is 0 Å². The van der Waals surface area contributed by atoms with Gasteiger partial charge in [0.05, 0.1) is 12.0 Å². The average molecular weight is 658 g/mol. The second-order valence-corrected chi connectivity index (χ2v) is 15.8. The predicted octanol–water partition coefficient (Wildman–Crippen LogP) is 16.1. The summed E-state index contributed by atoms with van der Waals surface area (Å²) in [6, 6.07) is 0.618. The minimum atomic E-state index is 0.618. The summed E-state index contributed by atoms with van der Waals surface area (Å²) in [6.45, 7) is 9.43. The smallest absolute Gasteiger partial charge is 0.247 e. The first kappa shape index (κ1) is 44.2. The molecule has 0 spiro atoms. The van der Waals surface area contributed by atoms with E-state index >= 15 is 0 Å². The molecule has 0 aliphatic rings. The van der Waals surface area contributed by atoms with Crippen molar-refractivity contribution < 1.29 is 4.57 Å².